The van der Waals surface area contributed by atoms with Crippen LogP contribution in [0.5, 0.6) is 0 Å². The van der Waals surface area contributed by atoms with Crippen molar-refractivity contribution < 1.29 is 38.4 Å². The number of esters is 2. The Labute approximate surface area is 187 Å². The van der Waals surface area contributed by atoms with Gasteiger partial charge < -0.3 is 18.9 Å². The Hall–Kier alpha value is -3.90. The maximum absolute atomic E-state index is 12.6. The minimum absolute atomic E-state index is 0.0672. The molecule has 1 saturated heterocycles. The molecule has 2 aromatic rings. The first-order valence-electron chi connectivity index (χ1n) is 9.78. The third kappa shape index (κ3) is 5.67. The smallest absolute Gasteiger partial charge is 0.338 e. The Morgan fingerprint density at radius 1 is 0.879 bits per heavy atom. The second kappa shape index (κ2) is 10.1. The van der Waals surface area contributed by atoms with Crippen molar-refractivity contribution in [3.05, 3.63) is 79.9 Å². The molecule has 1 heterocycles. The highest BCUT2D eigenvalue weighted by Crippen LogP contribution is 2.28. The van der Waals surface area contributed by atoms with Crippen LogP contribution in [0.4, 0.5) is 11.4 Å². The Morgan fingerprint density at radius 3 is 1.76 bits per heavy atom. The SMILES string of the molecule is CO[C@H]1C[C@@H](OC(=O)c2ccc([N+](=O)[O-])cc2)[C@@H](OC(=O)c2ccc([N+](=O)[O-])cc2)[C@@H](C)O1. The van der Waals surface area contributed by atoms with E-state index < -0.39 is 46.4 Å². The molecule has 0 radical (unpaired) electrons. The fourth-order valence-corrected chi connectivity index (χ4v) is 3.27. The van der Waals surface area contributed by atoms with Gasteiger partial charge in [0.15, 0.2) is 12.4 Å². The van der Waals surface area contributed by atoms with Crippen molar-refractivity contribution in [2.45, 2.75) is 37.9 Å². The van der Waals surface area contributed by atoms with E-state index in [0.717, 1.165) is 0 Å². The molecule has 4 atom stereocenters. The van der Waals surface area contributed by atoms with E-state index in [0.29, 0.717) is 0 Å². The number of hydrogen-bond donors (Lipinski definition) is 0. The summed E-state index contributed by atoms with van der Waals surface area (Å²) in [4.78, 5) is 45.6. The number of nitro groups is 2. The molecule has 1 fully saturated rings. The maximum Gasteiger partial charge on any atom is 0.338 e. The molecule has 0 saturated carbocycles. The van der Waals surface area contributed by atoms with Crippen molar-refractivity contribution in [1.82, 2.24) is 0 Å². The molecule has 12 heteroatoms. The zero-order chi connectivity index (χ0) is 24.1. The van der Waals surface area contributed by atoms with E-state index in [1.54, 1.807) is 6.92 Å². The number of ether oxygens (including phenoxy) is 4. The molecule has 0 unspecified atom stereocenters. The van der Waals surface area contributed by atoms with E-state index in [9.17, 15) is 29.8 Å². The average Bonchev–Trinajstić information content (AvgIpc) is 2.80. The normalized spacial score (nSPS) is 22.2. The topological polar surface area (TPSA) is 157 Å². The van der Waals surface area contributed by atoms with Crippen molar-refractivity contribution >= 4 is 23.3 Å². The van der Waals surface area contributed by atoms with Gasteiger partial charge in [-0.25, -0.2) is 9.59 Å². The molecule has 1 aliphatic rings. The Morgan fingerprint density at radius 2 is 1.33 bits per heavy atom. The molecule has 0 aliphatic carbocycles. The summed E-state index contributed by atoms with van der Waals surface area (Å²) in [6.07, 6.45) is -3.30. The number of hydrogen-bond acceptors (Lipinski definition) is 10. The summed E-state index contributed by atoms with van der Waals surface area (Å²) in [5.41, 5.74) is -0.212. The van der Waals surface area contributed by atoms with Crippen LogP contribution < -0.4 is 0 Å². The van der Waals surface area contributed by atoms with E-state index in [1.165, 1.54) is 55.6 Å². The summed E-state index contributed by atoms with van der Waals surface area (Å²) in [7, 11) is 1.41. The maximum atomic E-state index is 12.6. The first kappa shape index (κ1) is 23.8. The Balaban J connectivity index is 1.76. The second-order valence-corrected chi connectivity index (χ2v) is 7.16. The van der Waals surface area contributed by atoms with Crippen LogP contribution in [0.1, 0.15) is 34.1 Å². The van der Waals surface area contributed by atoms with Crippen molar-refractivity contribution in [3.8, 4) is 0 Å². The predicted octanol–water partition coefficient (Wildman–Crippen LogP) is 3.04. The number of nitro benzene ring substituents is 2. The van der Waals surface area contributed by atoms with Gasteiger partial charge in [0.05, 0.1) is 27.1 Å². The van der Waals surface area contributed by atoms with Crippen molar-refractivity contribution in [3.63, 3.8) is 0 Å². The van der Waals surface area contributed by atoms with Crippen molar-refractivity contribution in [2.24, 2.45) is 0 Å². The van der Waals surface area contributed by atoms with Crippen LogP contribution in [-0.2, 0) is 18.9 Å². The van der Waals surface area contributed by atoms with Crippen LogP contribution in [0.15, 0.2) is 48.5 Å². The van der Waals surface area contributed by atoms with Gasteiger partial charge in [-0.1, -0.05) is 0 Å². The lowest BCUT2D eigenvalue weighted by atomic mass is 10.0. The Bertz CT molecular complexity index is 1040. The third-order valence-corrected chi connectivity index (χ3v) is 5.01. The molecule has 174 valence electrons. The second-order valence-electron chi connectivity index (χ2n) is 7.16. The van der Waals surface area contributed by atoms with Crippen LogP contribution in [0.25, 0.3) is 0 Å². The fourth-order valence-electron chi connectivity index (χ4n) is 3.27. The van der Waals surface area contributed by atoms with Gasteiger partial charge in [0.25, 0.3) is 11.4 Å². The molecular formula is C21H20N2O10. The van der Waals surface area contributed by atoms with Gasteiger partial charge in [0.2, 0.25) is 0 Å². The summed E-state index contributed by atoms with van der Waals surface area (Å²) in [5.74, 6) is -1.55. The largest absolute Gasteiger partial charge is 0.455 e. The van der Waals surface area contributed by atoms with Crippen LogP contribution in [0, 0.1) is 20.2 Å². The lowest BCUT2D eigenvalue weighted by Crippen LogP contribution is -2.51. The number of carbonyl (C=O) groups is 2. The number of non-ortho nitro benzene ring substituents is 2. The third-order valence-electron chi connectivity index (χ3n) is 5.01. The highest BCUT2D eigenvalue weighted by Gasteiger charge is 2.42. The van der Waals surface area contributed by atoms with Gasteiger partial charge >= 0.3 is 11.9 Å². The number of methoxy groups -OCH3 is 1. The van der Waals surface area contributed by atoms with E-state index in [2.05, 4.69) is 0 Å². The summed E-state index contributed by atoms with van der Waals surface area (Å²) in [5, 5.41) is 21.6. The standard InChI is InChI=1S/C21H20N2O10/c1-12-19(33-21(25)14-5-9-16(10-6-14)23(28)29)17(11-18(30-2)31-12)32-20(24)13-3-7-15(8-4-13)22(26)27/h3-10,12,17-19H,11H2,1-2H3/t12-,17-,18-,19+/m1/s1. The first-order chi connectivity index (χ1) is 15.7. The van der Waals surface area contributed by atoms with Gasteiger partial charge in [-0.3, -0.25) is 20.2 Å². The summed E-state index contributed by atoms with van der Waals surface area (Å²) in [6, 6.07) is 9.72. The number of rotatable bonds is 7. The van der Waals surface area contributed by atoms with Gasteiger partial charge in [-0.05, 0) is 31.2 Å². The van der Waals surface area contributed by atoms with Gasteiger partial charge in [0, 0.05) is 37.8 Å². The van der Waals surface area contributed by atoms with Gasteiger partial charge in [0.1, 0.15) is 6.10 Å². The molecule has 3 rings (SSSR count). The average molecular weight is 460 g/mol. The molecule has 0 aromatic heterocycles. The van der Waals surface area contributed by atoms with Crippen LogP contribution >= 0.6 is 0 Å². The quantitative estimate of drug-likeness (QED) is 0.341. The zero-order valence-electron chi connectivity index (χ0n) is 17.6. The lowest BCUT2D eigenvalue weighted by Gasteiger charge is -2.38. The van der Waals surface area contributed by atoms with E-state index in [-0.39, 0.29) is 28.9 Å². The Kier molecular flexibility index (Phi) is 7.30. The van der Waals surface area contributed by atoms with Crippen LogP contribution in [0.2, 0.25) is 0 Å². The van der Waals surface area contributed by atoms with Gasteiger partial charge in [-0.15, -0.1) is 0 Å². The molecule has 0 N–H and O–H groups in total. The monoisotopic (exact) mass is 460 g/mol. The first-order valence-corrected chi connectivity index (χ1v) is 9.78. The summed E-state index contributed by atoms with van der Waals surface area (Å²) < 4.78 is 21.9. The molecule has 0 bridgehead atoms. The lowest BCUT2D eigenvalue weighted by molar-refractivity contribution is -0.385. The van der Waals surface area contributed by atoms with Crippen molar-refractivity contribution in [2.75, 3.05) is 7.11 Å². The number of benzene rings is 2. The van der Waals surface area contributed by atoms with E-state index in [1.807, 2.05) is 0 Å². The van der Waals surface area contributed by atoms with Gasteiger partial charge in [-0.2, -0.15) is 0 Å². The molecule has 2 aromatic carbocycles. The minimum Gasteiger partial charge on any atom is -0.455 e. The molecule has 12 nitrogen and oxygen atoms in total. The minimum atomic E-state index is -0.999. The highest BCUT2D eigenvalue weighted by molar-refractivity contribution is 5.90. The molecule has 1 aliphatic heterocycles. The molecule has 33 heavy (non-hydrogen) atoms. The van der Waals surface area contributed by atoms with E-state index in [4.69, 9.17) is 18.9 Å². The van der Waals surface area contributed by atoms with Crippen LogP contribution in [0.3, 0.4) is 0 Å². The zero-order valence-corrected chi connectivity index (χ0v) is 17.6. The number of carbonyl (C=O) groups excluding carboxylic acids is 2. The summed E-state index contributed by atoms with van der Waals surface area (Å²) in [6.45, 7) is 1.62. The van der Waals surface area contributed by atoms with Crippen LogP contribution in [-0.4, -0.2) is 53.5 Å². The molecule has 0 spiro atoms. The fraction of sp³-hybridized carbons (Fsp3) is 0.333. The molecule has 0 amide bonds. The summed E-state index contributed by atoms with van der Waals surface area (Å²) >= 11 is 0. The highest BCUT2D eigenvalue weighted by atomic mass is 16.7. The number of nitrogens with zero attached hydrogens (tertiary/aromatic N) is 2. The van der Waals surface area contributed by atoms with E-state index >= 15 is 0 Å². The predicted molar refractivity (Wildman–Crippen MR) is 111 cm³/mol. The molecular weight excluding hydrogens is 440 g/mol. The van der Waals surface area contributed by atoms with Crippen molar-refractivity contribution in [1.29, 1.82) is 0 Å².